The first-order chi connectivity index (χ1) is 15.7. The van der Waals surface area contributed by atoms with Crippen LogP contribution in [0.4, 0.5) is 17.1 Å². The lowest BCUT2D eigenvalue weighted by Crippen LogP contribution is -2.48. The van der Waals surface area contributed by atoms with Crippen molar-refractivity contribution in [3.05, 3.63) is 73.3 Å². The second kappa shape index (κ2) is 12.6. The summed E-state index contributed by atoms with van der Waals surface area (Å²) in [5.74, 6) is -0.493. The van der Waals surface area contributed by atoms with E-state index in [1.54, 1.807) is 18.2 Å². The van der Waals surface area contributed by atoms with Crippen LogP contribution in [0.2, 0.25) is 5.02 Å². The van der Waals surface area contributed by atoms with E-state index >= 15 is 0 Å². The molecule has 0 aliphatic heterocycles. The van der Waals surface area contributed by atoms with Crippen LogP contribution in [0.25, 0.3) is 0 Å². The van der Waals surface area contributed by atoms with E-state index in [2.05, 4.69) is 16.0 Å². The summed E-state index contributed by atoms with van der Waals surface area (Å²) in [6.07, 6.45) is 2.20. The van der Waals surface area contributed by atoms with Crippen molar-refractivity contribution in [2.75, 3.05) is 30.4 Å². The Kier molecular flexibility index (Phi) is 9.88. The number of para-hydroxylation sites is 2. The van der Waals surface area contributed by atoms with Crippen LogP contribution in [0.15, 0.2) is 42.5 Å². The molecule has 33 heavy (non-hydrogen) atoms. The molecule has 0 spiro atoms. The quantitative estimate of drug-likeness (QED) is 0.230. The number of carbonyl (C=O) groups excluding carboxylic acids is 2. The van der Waals surface area contributed by atoms with Gasteiger partial charge in [-0.3, -0.25) is 29.8 Å². The Hall–Kier alpha value is -3.38. The minimum Gasteiger partial charge on any atom is -0.378 e. The molecule has 0 saturated carbocycles. The van der Waals surface area contributed by atoms with Crippen LogP contribution in [0, 0.1) is 20.2 Å². The lowest BCUT2D eigenvalue weighted by molar-refractivity contribution is -0.384. The van der Waals surface area contributed by atoms with E-state index in [0.29, 0.717) is 17.9 Å². The number of benzene rings is 2. The molecule has 2 aromatic carbocycles. The highest BCUT2D eigenvalue weighted by atomic mass is 35.5. The van der Waals surface area contributed by atoms with Crippen molar-refractivity contribution >= 4 is 52.2 Å². The Bertz CT molecular complexity index is 1040. The van der Waals surface area contributed by atoms with Gasteiger partial charge in [0.15, 0.2) is 0 Å². The van der Waals surface area contributed by atoms with Crippen molar-refractivity contribution in [2.45, 2.75) is 12.5 Å². The number of nitrogens with zero attached hydrogens (tertiary/aromatic N) is 2. The third-order valence-electron chi connectivity index (χ3n) is 4.48. The van der Waals surface area contributed by atoms with Gasteiger partial charge in [0.2, 0.25) is 5.91 Å². The molecule has 0 aromatic heterocycles. The number of nitrogens with one attached hydrogen (secondary N) is 3. The van der Waals surface area contributed by atoms with E-state index in [1.807, 2.05) is 6.26 Å². The van der Waals surface area contributed by atoms with Gasteiger partial charge in [0.1, 0.15) is 16.8 Å². The molecule has 0 fully saturated rings. The fourth-order valence-corrected chi connectivity index (χ4v) is 3.49. The SMILES string of the molecule is CSCCC(NC(=O)c1ccc(Cl)c([N+](=O)[O-])c1)C(=O)NCCNc1ccccc1[N+](=O)[O-]. The molecular formula is C20H22ClN5O6S. The molecule has 2 aromatic rings. The second-order valence-corrected chi connectivity index (χ2v) is 8.12. The number of rotatable bonds is 12. The molecule has 0 aliphatic rings. The molecular weight excluding hydrogens is 474 g/mol. The van der Waals surface area contributed by atoms with Crippen LogP contribution in [-0.2, 0) is 4.79 Å². The molecule has 0 heterocycles. The molecule has 1 unspecified atom stereocenters. The number of amides is 2. The van der Waals surface area contributed by atoms with Gasteiger partial charge < -0.3 is 16.0 Å². The summed E-state index contributed by atoms with van der Waals surface area (Å²) in [5, 5.41) is 30.2. The number of carbonyl (C=O) groups is 2. The van der Waals surface area contributed by atoms with E-state index in [0.717, 1.165) is 6.07 Å². The number of hydrogen-bond donors (Lipinski definition) is 3. The molecule has 0 radical (unpaired) electrons. The molecule has 3 N–H and O–H groups in total. The molecule has 176 valence electrons. The maximum absolute atomic E-state index is 12.6. The highest BCUT2D eigenvalue weighted by Gasteiger charge is 2.23. The molecule has 2 amide bonds. The summed E-state index contributed by atoms with van der Waals surface area (Å²) >= 11 is 7.27. The van der Waals surface area contributed by atoms with Gasteiger partial charge in [-0.2, -0.15) is 11.8 Å². The van der Waals surface area contributed by atoms with Gasteiger partial charge in [0.05, 0.1) is 9.85 Å². The molecule has 1 atom stereocenters. The van der Waals surface area contributed by atoms with Crippen molar-refractivity contribution in [2.24, 2.45) is 0 Å². The van der Waals surface area contributed by atoms with E-state index in [-0.39, 0.29) is 29.4 Å². The third kappa shape index (κ3) is 7.61. The summed E-state index contributed by atoms with van der Waals surface area (Å²) in [6, 6.07) is 8.92. The summed E-state index contributed by atoms with van der Waals surface area (Å²) in [7, 11) is 0. The van der Waals surface area contributed by atoms with Gasteiger partial charge in [-0.15, -0.1) is 0 Å². The maximum atomic E-state index is 12.6. The molecule has 11 nitrogen and oxygen atoms in total. The van der Waals surface area contributed by atoms with Crippen molar-refractivity contribution in [3.63, 3.8) is 0 Å². The van der Waals surface area contributed by atoms with Gasteiger partial charge in [0, 0.05) is 30.8 Å². The average Bonchev–Trinajstić information content (AvgIpc) is 2.79. The molecule has 0 aliphatic carbocycles. The Morgan fingerprint density at radius 1 is 1.06 bits per heavy atom. The van der Waals surface area contributed by atoms with Crippen molar-refractivity contribution in [1.82, 2.24) is 10.6 Å². The largest absolute Gasteiger partial charge is 0.378 e. The average molecular weight is 496 g/mol. The highest BCUT2D eigenvalue weighted by Crippen LogP contribution is 2.25. The normalized spacial score (nSPS) is 11.3. The fraction of sp³-hybridized carbons (Fsp3) is 0.300. The third-order valence-corrected chi connectivity index (χ3v) is 5.44. The number of hydrogen-bond acceptors (Lipinski definition) is 8. The minimum atomic E-state index is -0.870. The van der Waals surface area contributed by atoms with Crippen molar-refractivity contribution in [3.8, 4) is 0 Å². The molecule has 13 heteroatoms. The van der Waals surface area contributed by atoms with Crippen LogP contribution in [0.1, 0.15) is 16.8 Å². The van der Waals surface area contributed by atoms with Gasteiger partial charge in [0.25, 0.3) is 17.3 Å². The van der Waals surface area contributed by atoms with Crippen LogP contribution in [0.3, 0.4) is 0 Å². The van der Waals surface area contributed by atoms with Crippen LogP contribution < -0.4 is 16.0 Å². The first kappa shape index (κ1) is 25.9. The second-order valence-electron chi connectivity index (χ2n) is 6.72. The topological polar surface area (TPSA) is 157 Å². The summed E-state index contributed by atoms with van der Waals surface area (Å²) in [5.41, 5.74) is -0.152. The minimum absolute atomic E-state index is 0.00565. The Balaban J connectivity index is 1.98. The zero-order valence-corrected chi connectivity index (χ0v) is 19.1. The maximum Gasteiger partial charge on any atom is 0.292 e. The zero-order chi connectivity index (χ0) is 24.4. The smallest absolute Gasteiger partial charge is 0.292 e. The van der Waals surface area contributed by atoms with Crippen LogP contribution in [-0.4, -0.2) is 52.8 Å². The number of thioether (sulfide) groups is 1. The first-order valence-corrected chi connectivity index (χ1v) is 11.5. The highest BCUT2D eigenvalue weighted by molar-refractivity contribution is 7.98. The van der Waals surface area contributed by atoms with Crippen LogP contribution in [0.5, 0.6) is 0 Å². The van der Waals surface area contributed by atoms with Crippen molar-refractivity contribution < 1.29 is 19.4 Å². The van der Waals surface area contributed by atoms with E-state index < -0.39 is 33.4 Å². The van der Waals surface area contributed by atoms with Gasteiger partial charge >= 0.3 is 0 Å². The fourth-order valence-electron chi connectivity index (χ4n) is 2.83. The van der Waals surface area contributed by atoms with E-state index in [9.17, 15) is 29.8 Å². The van der Waals surface area contributed by atoms with Gasteiger partial charge in [-0.25, -0.2) is 0 Å². The molecule has 2 rings (SSSR count). The Morgan fingerprint density at radius 3 is 2.42 bits per heavy atom. The monoisotopic (exact) mass is 495 g/mol. The Labute approximate surface area is 198 Å². The zero-order valence-electron chi connectivity index (χ0n) is 17.6. The lowest BCUT2D eigenvalue weighted by atomic mass is 10.1. The number of halogens is 1. The number of anilines is 1. The van der Waals surface area contributed by atoms with E-state index in [1.165, 1.54) is 30.0 Å². The molecule has 0 saturated heterocycles. The standard InChI is InChI=1S/C20H22ClN5O6S/c1-33-11-8-16(24-19(27)13-6-7-14(21)18(12-13)26(31)32)20(28)23-10-9-22-15-4-2-3-5-17(15)25(29)30/h2-7,12,16,22H,8-11H2,1H3,(H,23,28)(H,24,27). The predicted octanol–water partition coefficient (Wildman–Crippen LogP) is 3.24. The van der Waals surface area contributed by atoms with Crippen molar-refractivity contribution in [1.29, 1.82) is 0 Å². The summed E-state index contributed by atoms with van der Waals surface area (Å²) in [6.45, 7) is 0.381. The van der Waals surface area contributed by atoms with Gasteiger partial charge in [-0.05, 0) is 36.6 Å². The number of nitro groups is 2. The molecule has 0 bridgehead atoms. The number of nitro benzene ring substituents is 2. The lowest BCUT2D eigenvalue weighted by Gasteiger charge is -2.18. The Morgan fingerprint density at radius 2 is 1.76 bits per heavy atom. The van der Waals surface area contributed by atoms with Crippen LogP contribution >= 0.6 is 23.4 Å². The first-order valence-electron chi connectivity index (χ1n) is 9.73. The predicted molar refractivity (Wildman–Crippen MR) is 127 cm³/mol. The van der Waals surface area contributed by atoms with E-state index in [4.69, 9.17) is 11.6 Å². The summed E-state index contributed by atoms with van der Waals surface area (Å²) in [4.78, 5) is 46.1. The summed E-state index contributed by atoms with van der Waals surface area (Å²) < 4.78 is 0. The van der Waals surface area contributed by atoms with Gasteiger partial charge in [-0.1, -0.05) is 23.7 Å².